The second-order valence-electron chi connectivity index (χ2n) is 6.54. The molecular weight excluding hydrogens is 350 g/mol. The molecular formula is C24H17NO3. The number of phenolic OH excluding ortho intramolecular Hbond substituents is 2. The standard InChI is InChI=1S/C24H17NO3/c1-15-13-19(27)14-21-22(20-7-3-2-5-16(20)6-4-12-25)24(28-23(15)21)17-8-10-18(26)11-9-17/h2-11,13-14,26-27H,1H3/b6-4+. The van der Waals surface area contributed by atoms with Crippen LogP contribution in [0.4, 0.5) is 0 Å². The van der Waals surface area contributed by atoms with Crippen molar-refractivity contribution < 1.29 is 14.6 Å². The maximum absolute atomic E-state index is 10.2. The molecule has 0 bridgehead atoms. The van der Waals surface area contributed by atoms with Gasteiger partial charge < -0.3 is 14.6 Å². The lowest BCUT2D eigenvalue weighted by molar-refractivity contribution is 0.474. The summed E-state index contributed by atoms with van der Waals surface area (Å²) in [5.41, 5.74) is 4.91. The maximum Gasteiger partial charge on any atom is 0.143 e. The van der Waals surface area contributed by atoms with Crippen LogP contribution in [0.2, 0.25) is 0 Å². The van der Waals surface area contributed by atoms with Crippen LogP contribution >= 0.6 is 0 Å². The topological polar surface area (TPSA) is 77.4 Å². The molecule has 4 nitrogen and oxygen atoms in total. The van der Waals surface area contributed by atoms with Crippen molar-refractivity contribution >= 4 is 17.0 Å². The van der Waals surface area contributed by atoms with Crippen molar-refractivity contribution in [1.82, 2.24) is 0 Å². The van der Waals surface area contributed by atoms with Crippen LogP contribution in [0.15, 0.2) is 71.2 Å². The summed E-state index contributed by atoms with van der Waals surface area (Å²) in [6.45, 7) is 1.89. The van der Waals surface area contributed by atoms with Crippen LogP contribution in [0.5, 0.6) is 11.5 Å². The van der Waals surface area contributed by atoms with Crippen molar-refractivity contribution in [2.24, 2.45) is 0 Å². The predicted molar refractivity (Wildman–Crippen MR) is 110 cm³/mol. The quantitative estimate of drug-likeness (QED) is 0.434. The number of nitriles is 1. The van der Waals surface area contributed by atoms with Gasteiger partial charge in [0.1, 0.15) is 22.8 Å². The summed E-state index contributed by atoms with van der Waals surface area (Å²) in [6, 6.07) is 19.9. The van der Waals surface area contributed by atoms with Crippen LogP contribution in [0.3, 0.4) is 0 Å². The van der Waals surface area contributed by atoms with E-state index in [1.165, 1.54) is 6.08 Å². The third-order valence-electron chi connectivity index (χ3n) is 4.66. The number of hydrogen-bond donors (Lipinski definition) is 2. The SMILES string of the molecule is Cc1cc(O)cc2c(-c3ccccc3/C=C/C#N)c(-c3ccc(O)cc3)oc12. The van der Waals surface area contributed by atoms with Gasteiger partial charge in [0.25, 0.3) is 0 Å². The van der Waals surface area contributed by atoms with Crippen LogP contribution in [0, 0.1) is 18.3 Å². The highest BCUT2D eigenvalue weighted by atomic mass is 16.3. The Bertz CT molecular complexity index is 1240. The number of benzene rings is 3. The Kier molecular flexibility index (Phi) is 4.35. The first-order valence-electron chi connectivity index (χ1n) is 8.79. The summed E-state index contributed by atoms with van der Waals surface area (Å²) in [6.07, 6.45) is 3.19. The molecule has 0 amide bonds. The largest absolute Gasteiger partial charge is 0.508 e. The predicted octanol–water partition coefficient (Wildman–Crippen LogP) is 6.02. The minimum atomic E-state index is 0.161. The molecule has 28 heavy (non-hydrogen) atoms. The molecule has 0 fully saturated rings. The number of fused-ring (bicyclic) bond motifs is 1. The molecule has 0 spiro atoms. The number of nitrogens with zero attached hydrogens (tertiary/aromatic N) is 1. The molecule has 0 atom stereocenters. The number of aryl methyl sites for hydroxylation is 1. The average molecular weight is 367 g/mol. The lowest BCUT2D eigenvalue weighted by atomic mass is 9.94. The van der Waals surface area contributed by atoms with Gasteiger partial charge in [0.15, 0.2) is 0 Å². The molecule has 2 N–H and O–H groups in total. The summed E-state index contributed by atoms with van der Waals surface area (Å²) in [4.78, 5) is 0. The lowest BCUT2D eigenvalue weighted by Crippen LogP contribution is -1.85. The van der Waals surface area contributed by atoms with Crippen LogP contribution in [0.1, 0.15) is 11.1 Å². The molecule has 4 heteroatoms. The van der Waals surface area contributed by atoms with Crippen molar-refractivity contribution in [3.05, 3.63) is 77.9 Å². The van der Waals surface area contributed by atoms with E-state index in [0.717, 1.165) is 33.2 Å². The van der Waals surface area contributed by atoms with E-state index in [1.807, 2.05) is 37.3 Å². The van der Waals surface area contributed by atoms with Crippen molar-refractivity contribution in [2.45, 2.75) is 6.92 Å². The van der Waals surface area contributed by atoms with Crippen molar-refractivity contribution in [2.75, 3.05) is 0 Å². The van der Waals surface area contributed by atoms with E-state index in [0.29, 0.717) is 11.3 Å². The first-order chi connectivity index (χ1) is 13.6. The molecule has 0 aliphatic carbocycles. The van der Waals surface area contributed by atoms with E-state index in [1.54, 1.807) is 42.5 Å². The fourth-order valence-electron chi connectivity index (χ4n) is 3.43. The Labute approximate surface area is 162 Å². The summed E-state index contributed by atoms with van der Waals surface area (Å²) < 4.78 is 6.24. The zero-order chi connectivity index (χ0) is 19.7. The van der Waals surface area contributed by atoms with E-state index >= 15 is 0 Å². The van der Waals surface area contributed by atoms with Gasteiger partial charge in [0.2, 0.25) is 0 Å². The molecule has 0 aliphatic heterocycles. The summed E-state index contributed by atoms with van der Waals surface area (Å²) in [5, 5.41) is 29.6. The highest BCUT2D eigenvalue weighted by Gasteiger charge is 2.21. The monoisotopic (exact) mass is 367 g/mol. The second kappa shape index (κ2) is 6.98. The van der Waals surface area contributed by atoms with Gasteiger partial charge in [-0.3, -0.25) is 0 Å². The van der Waals surface area contributed by atoms with Crippen molar-refractivity contribution in [3.63, 3.8) is 0 Å². The number of aromatic hydroxyl groups is 2. The fraction of sp³-hybridized carbons (Fsp3) is 0.0417. The van der Waals surface area contributed by atoms with E-state index < -0.39 is 0 Å². The summed E-state index contributed by atoms with van der Waals surface area (Å²) in [7, 11) is 0. The number of phenols is 2. The van der Waals surface area contributed by atoms with Gasteiger partial charge in [0.05, 0.1) is 6.07 Å². The molecule has 0 saturated carbocycles. The van der Waals surface area contributed by atoms with Crippen LogP contribution < -0.4 is 0 Å². The summed E-state index contributed by atoms with van der Waals surface area (Å²) in [5.74, 6) is 0.975. The Morgan fingerprint density at radius 1 is 0.964 bits per heavy atom. The van der Waals surface area contributed by atoms with E-state index in [4.69, 9.17) is 9.68 Å². The van der Waals surface area contributed by atoms with Gasteiger partial charge in [-0.1, -0.05) is 24.3 Å². The molecule has 0 aliphatic rings. The zero-order valence-corrected chi connectivity index (χ0v) is 15.2. The Hall–Kier alpha value is -3.97. The molecule has 4 aromatic rings. The van der Waals surface area contributed by atoms with Gasteiger partial charge in [0, 0.05) is 22.6 Å². The third-order valence-corrected chi connectivity index (χ3v) is 4.66. The fourth-order valence-corrected chi connectivity index (χ4v) is 3.43. The number of rotatable bonds is 3. The number of hydrogen-bond acceptors (Lipinski definition) is 4. The average Bonchev–Trinajstić information content (AvgIpc) is 3.06. The van der Waals surface area contributed by atoms with Crippen LogP contribution in [-0.4, -0.2) is 10.2 Å². The first-order valence-corrected chi connectivity index (χ1v) is 8.79. The van der Waals surface area contributed by atoms with Crippen LogP contribution in [-0.2, 0) is 0 Å². The highest BCUT2D eigenvalue weighted by molar-refractivity contribution is 6.05. The minimum absolute atomic E-state index is 0.161. The molecule has 0 saturated heterocycles. The second-order valence-corrected chi connectivity index (χ2v) is 6.54. The molecule has 0 unspecified atom stereocenters. The van der Waals surface area contributed by atoms with Gasteiger partial charge in [-0.15, -0.1) is 0 Å². The summed E-state index contributed by atoms with van der Waals surface area (Å²) >= 11 is 0. The van der Waals surface area contributed by atoms with E-state index in [9.17, 15) is 10.2 Å². The van der Waals surface area contributed by atoms with Gasteiger partial charge in [-0.25, -0.2) is 0 Å². The van der Waals surface area contributed by atoms with Crippen molar-refractivity contribution in [1.29, 1.82) is 5.26 Å². The van der Waals surface area contributed by atoms with E-state index in [2.05, 4.69) is 0 Å². The number of furan rings is 1. The first kappa shape index (κ1) is 17.4. The molecule has 4 rings (SSSR count). The highest BCUT2D eigenvalue weighted by Crippen LogP contribution is 2.44. The third kappa shape index (κ3) is 3.00. The van der Waals surface area contributed by atoms with Crippen molar-refractivity contribution in [3.8, 4) is 40.0 Å². The Balaban J connectivity index is 2.10. The molecule has 1 aromatic heterocycles. The van der Waals surface area contributed by atoms with Gasteiger partial charge in [-0.05, 0) is 66.1 Å². The normalized spacial score (nSPS) is 11.1. The molecule has 1 heterocycles. The minimum Gasteiger partial charge on any atom is -0.508 e. The number of allylic oxidation sites excluding steroid dienone is 1. The molecule has 136 valence electrons. The Morgan fingerprint density at radius 2 is 1.71 bits per heavy atom. The van der Waals surface area contributed by atoms with Crippen LogP contribution in [0.25, 0.3) is 39.5 Å². The molecule has 3 aromatic carbocycles. The zero-order valence-electron chi connectivity index (χ0n) is 15.2. The maximum atomic E-state index is 10.2. The van der Waals surface area contributed by atoms with Gasteiger partial charge in [-0.2, -0.15) is 5.26 Å². The lowest BCUT2D eigenvalue weighted by Gasteiger charge is -2.08. The van der Waals surface area contributed by atoms with E-state index in [-0.39, 0.29) is 11.5 Å². The Morgan fingerprint density at radius 3 is 2.46 bits per heavy atom. The molecule has 0 radical (unpaired) electrons. The smallest absolute Gasteiger partial charge is 0.143 e. The van der Waals surface area contributed by atoms with Gasteiger partial charge >= 0.3 is 0 Å².